The molecule has 8 nitrogen and oxygen atoms in total. The van der Waals surface area contributed by atoms with Gasteiger partial charge < -0.3 is 4.74 Å². The first kappa shape index (κ1) is 23.0. The van der Waals surface area contributed by atoms with E-state index in [2.05, 4.69) is 40.7 Å². The van der Waals surface area contributed by atoms with Crippen molar-refractivity contribution in [3.63, 3.8) is 0 Å². The van der Waals surface area contributed by atoms with Crippen molar-refractivity contribution in [3.8, 4) is 17.0 Å². The molecule has 4 N–H and O–H groups in total. The molecule has 0 aliphatic heterocycles. The molecule has 0 bridgehead atoms. The van der Waals surface area contributed by atoms with Crippen molar-refractivity contribution in [1.82, 2.24) is 14.8 Å². The number of amides is 2. The highest BCUT2D eigenvalue weighted by Crippen LogP contribution is 2.31. The van der Waals surface area contributed by atoms with Gasteiger partial charge in [0, 0.05) is 30.9 Å². The van der Waals surface area contributed by atoms with Crippen LogP contribution >= 0.6 is 22.6 Å². The number of aromatic nitrogens is 2. The number of carbonyl (C=O) groups excluding carboxylic acids is 1. The minimum Gasteiger partial charge on any atom is -0.489 e. The lowest BCUT2D eigenvalue weighted by molar-refractivity contribution is 0.216. The van der Waals surface area contributed by atoms with Crippen LogP contribution in [0.5, 0.6) is 5.75 Å². The summed E-state index contributed by atoms with van der Waals surface area (Å²) in [4.78, 5) is 12.2. The molecule has 3 aromatic rings. The van der Waals surface area contributed by atoms with Crippen molar-refractivity contribution in [1.29, 1.82) is 0 Å². The van der Waals surface area contributed by atoms with Crippen molar-refractivity contribution >= 4 is 34.3 Å². The molecule has 0 radical (unpaired) electrons. The molecular formula is C22H27IN6O2. The lowest BCUT2D eigenvalue weighted by atomic mass is 10.1. The average molecular weight is 534 g/mol. The predicted octanol–water partition coefficient (Wildman–Crippen LogP) is 3.80. The number of aryl methyl sites for hydroxylation is 3. The van der Waals surface area contributed by atoms with Gasteiger partial charge in [0.05, 0.1) is 9.26 Å². The van der Waals surface area contributed by atoms with Gasteiger partial charge in [-0.05, 0) is 78.8 Å². The summed E-state index contributed by atoms with van der Waals surface area (Å²) in [6.45, 7) is 6.27. The van der Waals surface area contributed by atoms with Crippen LogP contribution in [0.4, 0.5) is 10.5 Å². The Bertz CT molecular complexity index is 1130. The first-order valence-electron chi connectivity index (χ1n) is 9.70. The van der Waals surface area contributed by atoms with Crippen LogP contribution in [0.25, 0.3) is 11.3 Å². The Balaban J connectivity index is 1.85. The second-order valence-corrected chi connectivity index (χ2v) is 8.56. The van der Waals surface area contributed by atoms with Crippen LogP contribution in [-0.2, 0) is 13.7 Å². The van der Waals surface area contributed by atoms with Crippen molar-refractivity contribution in [2.24, 2.45) is 18.7 Å². The Hall–Kier alpha value is -2.63. The summed E-state index contributed by atoms with van der Waals surface area (Å²) in [5, 5.41) is 6.60. The van der Waals surface area contributed by atoms with Gasteiger partial charge in [-0.15, -0.1) is 0 Å². The van der Waals surface area contributed by atoms with Gasteiger partial charge in [0.1, 0.15) is 18.1 Å². The number of carbonyl (C=O) groups is 1. The molecule has 1 aromatic heterocycles. The Morgan fingerprint density at radius 2 is 1.87 bits per heavy atom. The smallest absolute Gasteiger partial charge is 0.352 e. The van der Waals surface area contributed by atoms with Gasteiger partial charge in [0.15, 0.2) is 0 Å². The summed E-state index contributed by atoms with van der Waals surface area (Å²) in [5.41, 5.74) is 6.46. The highest BCUT2D eigenvalue weighted by atomic mass is 127. The van der Waals surface area contributed by atoms with E-state index in [-0.39, 0.29) is 6.61 Å². The van der Waals surface area contributed by atoms with Crippen LogP contribution in [0.3, 0.4) is 0 Å². The first-order chi connectivity index (χ1) is 14.6. The number of urea groups is 1. The minimum atomic E-state index is -0.521. The van der Waals surface area contributed by atoms with Crippen LogP contribution in [0.15, 0.2) is 36.4 Å². The van der Waals surface area contributed by atoms with E-state index in [1.165, 1.54) is 7.05 Å². The van der Waals surface area contributed by atoms with E-state index in [9.17, 15) is 4.79 Å². The van der Waals surface area contributed by atoms with Gasteiger partial charge in [-0.3, -0.25) is 9.69 Å². The van der Waals surface area contributed by atoms with Gasteiger partial charge in [0.2, 0.25) is 0 Å². The molecule has 2 amide bonds. The SMILES string of the molecule is Cc1cc(-c2nn(C)c(C)c2I)ccc1OCc1c(C)cccc1N(N)C(=O)N(C)N. The van der Waals surface area contributed by atoms with Gasteiger partial charge >= 0.3 is 6.03 Å². The molecule has 0 spiro atoms. The number of benzene rings is 2. The summed E-state index contributed by atoms with van der Waals surface area (Å²) >= 11 is 2.33. The van der Waals surface area contributed by atoms with Gasteiger partial charge in [-0.2, -0.15) is 5.10 Å². The maximum absolute atomic E-state index is 12.2. The third-order valence-electron chi connectivity index (χ3n) is 5.23. The lowest BCUT2D eigenvalue weighted by Gasteiger charge is -2.24. The fourth-order valence-electron chi connectivity index (χ4n) is 3.25. The third kappa shape index (κ3) is 4.68. The lowest BCUT2D eigenvalue weighted by Crippen LogP contribution is -2.49. The van der Waals surface area contributed by atoms with E-state index >= 15 is 0 Å². The standard InChI is InChI=1S/C22H27IN6O2/c1-13-7-6-8-18(29(25)22(30)27(4)24)17(13)12-31-19-10-9-16(11-14(19)2)21-20(23)15(3)28(5)26-21/h6-11H,12,24-25H2,1-5H3. The zero-order valence-corrected chi connectivity index (χ0v) is 20.5. The number of halogens is 1. The van der Waals surface area contributed by atoms with E-state index in [1.807, 2.05) is 49.8 Å². The minimum absolute atomic E-state index is 0.262. The molecule has 31 heavy (non-hydrogen) atoms. The maximum Gasteiger partial charge on any atom is 0.352 e. The molecule has 0 saturated heterocycles. The van der Waals surface area contributed by atoms with Crippen molar-refractivity contribution < 1.29 is 9.53 Å². The largest absolute Gasteiger partial charge is 0.489 e. The van der Waals surface area contributed by atoms with Crippen LogP contribution in [0, 0.1) is 24.3 Å². The summed E-state index contributed by atoms with van der Waals surface area (Å²) in [6.07, 6.45) is 0. The van der Waals surface area contributed by atoms with E-state index in [0.29, 0.717) is 5.69 Å². The van der Waals surface area contributed by atoms with Crippen LogP contribution in [-0.4, -0.2) is 27.9 Å². The molecule has 0 aliphatic rings. The zero-order valence-electron chi connectivity index (χ0n) is 18.3. The molecule has 2 aromatic carbocycles. The molecule has 1 heterocycles. The number of ether oxygens (including phenoxy) is 1. The Kier molecular flexibility index (Phi) is 6.87. The van der Waals surface area contributed by atoms with E-state index in [1.54, 1.807) is 6.07 Å². The molecule has 0 fully saturated rings. The summed E-state index contributed by atoms with van der Waals surface area (Å²) in [6, 6.07) is 11.1. The molecule has 0 atom stereocenters. The van der Waals surface area contributed by atoms with Crippen molar-refractivity contribution in [2.45, 2.75) is 27.4 Å². The topological polar surface area (TPSA) is 103 Å². The normalized spacial score (nSPS) is 10.8. The summed E-state index contributed by atoms with van der Waals surface area (Å²) < 4.78 is 9.14. The second-order valence-electron chi connectivity index (χ2n) is 7.48. The molecule has 164 valence electrons. The summed E-state index contributed by atoms with van der Waals surface area (Å²) in [7, 11) is 3.39. The fourth-order valence-corrected chi connectivity index (χ4v) is 4.02. The third-order valence-corrected chi connectivity index (χ3v) is 6.53. The average Bonchev–Trinajstić information content (AvgIpc) is 2.99. The Morgan fingerprint density at radius 3 is 2.45 bits per heavy atom. The van der Waals surface area contributed by atoms with Gasteiger partial charge in [-0.25, -0.2) is 21.5 Å². The fraction of sp³-hybridized carbons (Fsp3) is 0.273. The highest BCUT2D eigenvalue weighted by molar-refractivity contribution is 14.1. The molecule has 0 aliphatic carbocycles. The van der Waals surface area contributed by atoms with E-state index in [0.717, 1.165) is 53.0 Å². The second kappa shape index (κ2) is 9.25. The number of hydrogen-bond donors (Lipinski definition) is 2. The predicted molar refractivity (Wildman–Crippen MR) is 130 cm³/mol. The Labute approximate surface area is 195 Å². The van der Waals surface area contributed by atoms with Crippen LogP contribution < -0.4 is 21.4 Å². The highest BCUT2D eigenvalue weighted by Gasteiger charge is 2.19. The number of rotatable bonds is 5. The van der Waals surface area contributed by atoms with Crippen LogP contribution in [0.2, 0.25) is 0 Å². The Morgan fingerprint density at radius 1 is 1.16 bits per heavy atom. The molecule has 9 heteroatoms. The maximum atomic E-state index is 12.2. The monoisotopic (exact) mass is 534 g/mol. The number of anilines is 1. The number of nitrogens with zero attached hydrogens (tertiary/aromatic N) is 4. The van der Waals surface area contributed by atoms with Crippen LogP contribution in [0.1, 0.15) is 22.4 Å². The first-order valence-corrected chi connectivity index (χ1v) is 10.8. The zero-order chi connectivity index (χ0) is 22.9. The molecule has 0 unspecified atom stereocenters. The van der Waals surface area contributed by atoms with Crippen molar-refractivity contribution in [2.75, 3.05) is 12.1 Å². The van der Waals surface area contributed by atoms with Gasteiger partial charge in [0.25, 0.3) is 0 Å². The van der Waals surface area contributed by atoms with Gasteiger partial charge in [-0.1, -0.05) is 12.1 Å². The summed E-state index contributed by atoms with van der Waals surface area (Å²) in [5.74, 6) is 12.3. The molecule has 0 saturated carbocycles. The van der Waals surface area contributed by atoms with E-state index in [4.69, 9.17) is 16.4 Å². The molecule has 3 rings (SSSR count). The molecular weight excluding hydrogens is 507 g/mol. The number of nitrogens with two attached hydrogens (primary N) is 2. The number of hydrogen-bond acceptors (Lipinski definition) is 5. The quantitative estimate of drug-likeness (QED) is 0.225. The number of hydrazine groups is 2. The van der Waals surface area contributed by atoms with E-state index < -0.39 is 6.03 Å². The van der Waals surface area contributed by atoms with Crippen molar-refractivity contribution in [3.05, 3.63) is 62.4 Å².